The average molecular weight is 235 g/mol. The smallest absolute Gasteiger partial charge is 0.131 e. The molecular formula is C12H11F2N3. The molecule has 88 valence electrons. The summed E-state index contributed by atoms with van der Waals surface area (Å²) < 4.78 is 26.5. The minimum atomic E-state index is -0.589. The third-order valence-corrected chi connectivity index (χ3v) is 2.50. The molecule has 1 atom stereocenters. The third-order valence-electron chi connectivity index (χ3n) is 2.50. The first kappa shape index (κ1) is 11.6. The predicted octanol–water partition coefficient (Wildman–Crippen LogP) is 2.06. The number of benzene rings is 1. The second-order valence-corrected chi connectivity index (χ2v) is 3.56. The first-order valence-corrected chi connectivity index (χ1v) is 5.11. The largest absolute Gasteiger partial charge is 0.309 e. The van der Waals surface area contributed by atoms with Crippen LogP contribution >= 0.6 is 0 Å². The van der Waals surface area contributed by atoms with Crippen molar-refractivity contribution in [2.24, 2.45) is 0 Å². The van der Waals surface area contributed by atoms with Crippen LogP contribution in [0.3, 0.4) is 0 Å². The zero-order valence-corrected chi connectivity index (χ0v) is 9.19. The van der Waals surface area contributed by atoms with Gasteiger partial charge in [-0.05, 0) is 24.7 Å². The lowest BCUT2D eigenvalue weighted by Gasteiger charge is -2.17. The fraction of sp³-hybridized carbons (Fsp3) is 0.167. The molecule has 1 unspecified atom stereocenters. The Bertz CT molecular complexity index is 502. The minimum absolute atomic E-state index is 0.369. The highest BCUT2D eigenvalue weighted by Crippen LogP contribution is 2.23. The summed E-state index contributed by atoms with van der Waals surface area (Å²) in [6.45, 7) is 0. The molecule has 0 bridgehead atoms. The summed E-state index contributed by atoms with van der Waals surface area (Å²) in [5.74, 6) is -1.17. The molecule has 17 heavy (non-hydrogen) atoms. The molecular weight excluding hydrogens is 224 g/mol. The number of hydrogen-bond acceptors (Lipinski definition) is 3. The van der Waals surface area contributed by atoms with Crippen LogP contribution in [0.5, 0.6) is 0 Å². The van der Waals surface area contributed by atoms with Crippen molar-refractivity contribution in [3.05, 3.63) is 59.4 Å². The van der Waals surface area contributed by atoms with Crippen LogP contribution in [0.1, 0.15) is 17.2 Å². The Morgan fingerprint density at radius 1 is 1.18 bits per heavy atom. The summed E-state index contributed by atoms with van der Waals surface area (Å²) in [4.78, 5) is 0. The van der Waals surface area contributed by atoms with Crippen molar-refractivity contribution < 1.29 is 8.78 Å². The van der Waals surface area contributed by atoms with Crippen LogP contribution in [0.15, 0.2) is 36.7 Å². The highest BCUT2D eigenvalue weighted by molar-refractivity contribution is 5.30. The average Bonchev–Trinajstić information content (AvgIpc) is 2.34. The first-order chi connectivity index (χ1) is 8.22. The monoisotopic (exact) mass is 235 g/mol. The summed E-state index contributed by atoms with van der Waals surface area (Å²) in [7, 11) is 1.70. The maximum absolute atomic E-state index is 13.7. The molecule has 1 aromatic carbocycles. The number of nitrogens with zero attached hydrogens (tertiary/aromatic N) is 2. The molecule has 2 rings (SSSR count). The lowest BCUT2D eigenvalue weighted by Crippen LogP contribution is -2.19. The first-order valence-electron chi connectivity index (χ1n) is 5.11. The third kappa shape index (κ3) is 2.45. The fourth-order valence-corrected chi connectivity index (χ4v) is 1.71. The number of rotatable bonds is 3. The van der Waals surface area contributed by atoms with Gasteiger partial charge in [-0.25, -0.2) is 8.78 Å². The van der Waals surface area contributed by atoms with E-state index >= 15 is 0 Å². The second-order valence-electron chi connectivity index (χ2n) is 3.56. The van der Waals surface area contributed by atoms with E-state index in [1.807, 2.05) is 0 Å². The van der Waals surface area contributed by atoms with Crippen molar-refractivity contribution in [3.8, 4) is 0 Å². The lowest BCUT2D eigenvalue weighted by atomic mass is 10.0. The van der Waals surface area contributed by atoms with Crippen molar-refractivity contribution in [2.75, 3.05) is 7.05 Å². The van der Waals surface area contributed by atoms with Gasteiger partial charge in [0.25, 0.3) is 0 Å². The van der Waals surface area contributed by atoms with E-state index in [2.05, 4.69) is 15.5 Å². The van der Waals surface area contributed by atoms with Gasteiger partial charge in [0.2, 0.25) is 0 Å². The summed E-state index contributed by atoms with van der Waals surface area (Å²) in [6, 6.07) is 4.89. The Labute approximate surface area is 97.5 Å². The van der Waals surface area contributed by atoms with Gasteiger partial charge in [0.05, 0.1) is 12.2 Å². The summed E-state index contributed by atoms with van der Waals surface area (Å²) >= 11 is 0. The highest BCUT2D eigenvalue weighted by atomic mass is 19.1. The van der Waals surface area contributed by atoms with Gasteiger partial charge in [0, 0.05) is 17.8 Å². The van der Waals surface area contributed by atoms with Crippen molar-refractivity contribution in [1.29, 1.82) is 0 Å². The van der Waals surface area contributed by atoms with E-state index in [1.54, 1.807) is 19.3 Å². The Kier molecular flexibility index (Phi) is 3.39. The zero-order valence-electron chi connectivity index (χ0n) is 9.19. The molecule has 0 aliphatic carbocycles. The van der Waals surface area contributed by atoms with Crippen LogP contribution < -0.4 is 5.32 Å². The van der Waals surface area contributed by atoms with Crippen molar-refractivity contribution >= 4 is 0 Å². The van der Waals surface area contributed by atoms with Gasteiger partial charge in [-0.2, -0.15) is 10.2 Å². The molecule has 1 heterocycles. The second kappa shape index (κ2) is 4.97. The van der Waals surface area contributed by atoms with Crippen LogP contribution in [0.25, 0.3) is 0 Å². The Morgan fingerprint density at radius 3 is 2.59 bits per heavy atom. The van der Waals surface area contributed by atoms with E-state index in [-0.39, 0.29) is 6.04 Å². The normalized spacial score (nSPS) is 12.4. The summed E-state index contributed by atoms with van der Waals surface area (Å²) in [5, 5.41) is 10.4. The Morgan fingerprint density at radius 2 is 2.00 bits per heavy atom. The highest BCUT2D eigenvalue weighted by Gasteiger charge is 2.16. The molecule has 3 nitrogen and oxygen atoms in total. The molecule has 1 aromatic heterocycles. The molecule has 0 amide bonds. The van der Waals surface area contributed by atoms with E-state index in [9.17, 15) is 8.78 Å². The topological polar surface area (TPSA) is 37.8 Å². The quantitative estimate of drug-likeness (QED) is 0.884. The van der Waals surface area contributed by atoms with E-state index in [0.717, 1.165) is 11.6 Å². The minimum Gasteiger partial charge on any atom is -0.309 e. The van der Waals surface area contributed by atoms with Gasteiger partial charge < -0.3 is 5.32 Å². The van der Waals surface area contributed by atoms with Gasteiger partial charge in [0.15, 0.2) is 0 Å². The number of aromatic nitrogens is 2. The molecule has 5 heteroatoms. The molecule has 0 fully saturated rings. The number of hydrogen-bond donors (Lipinski definition) is 1. The van der Waals surface area contributed by atoms with Crippen LogP contribution in [0.4, 0.5) is 8.78 Å². The van der Waals surface area contributed by atoms with E-state index in [1.165, 1.54) is 18.3 Å². The summed E-state index contributed by atoms with van der Waals surface area (Å²) in [6.07, 6.45) is 3.07. The Hall–Kier alpha value is -1.88. The van der Waals surface area contributed by atoms with Crippen molar-refractivity contribution in [3.63, 3.8) is 0 Å². The molecule has 0 spiro atoms. The van der Waals surface area contributed by atoms with Gasteiger partial charge >= 0.3 is 0 Å². The Balaban J connectivity index is 2.42. The van der Waals surface area contributed by atoms with E-state index < -0.39 is 11.6 Å². The van der Waals surface area contributed by atoms with Gasteiger partial charge in [-0.1, -0.05) is 6.07 Å². The van der Waals surface area contributed by atoms with Gasteiger partial charge in [-0.3, -0.25) is 0 Å². The number of halogens is 2. The standard InChI is InChI=1S/C12H11F2N3/c1-15-12(8-4-5-16-17-7-8)10-3-2-9(13)6-11(10)14/h2-7,12,15H,1H3. The van der Waals surface area contributed by atoms with Gasteiger partial charge in [-0.15, -0.1) is 0 Å². The summed E-state index contributed by atoms with van der Waals surface area (Å²) in [5.41, 5.74) is 1.15. The number of nitrogens with one attached hydrogen (secondary N) is 1. The predicted molar refractivity (Wildman–Crippen MR) is 59.3 cm³/mol. The molecule has 0 radical (unpaired) electrons. The van der Waals surface area contributed by atoms with Crippen LogP contribution in [-0.2, 0) is 0 Å². The zero-order chi connectivity index (χ0) is 12.3. The van der Waals surface area contributed by atoms with Gasteiger partial charge in [0.1, 0.15) is 11.6 Å². The molecule has 0 saturated carbocycles. The fourth-order valence-electron chi connectivity index (χ4n) is 1.71. The maximum atomic E-state index is 13.7. The molecule has 0 saturated heterocycles. The van der Waals surface area contributed by atoms with Crippen LogP contribution in [0.2, 0.25) is 0 Å². The molecule has 2 aromatic rings. The van der Waals surface area contributed by atoms with Crippen molar-refractivity contribution in [2.45, 2.75) is 6.04 Å². The molecule has 1 N–H and O–H groups in total. The lowest BCUT2D eigenvalue weighted by molar-refractivity contribution is 0.551. The van der Waals surface area contributed by atoms with E-state index in [0.29, 0.717) is 5.56 Å². The van der Waals surface area contributed by atoms with Crippen molar-refractivity contribution in [1.82, 2.24) is 15.5 Å². The maximum Gasteiger partial charge on any atom is 0.131 e. The molecule has 0 aliphatic rings. The van der Waals surface area contributed by atoms with Crippen LogP contribution in [0, 0.1) is 11.6 Å². The van der Waals surface area contributed by atoms with E-state index in [4.69, 9.17) is 0 Å². The SMILES string of the molecule is CNC(c1ccnnc1)c1ccc(F)cc1F. The molecule has 0 aliphatic heterocycles. The van der Waals surface area contributed by atoms with Crippen LogP contribution in [-0.4, -0.2) is 17.2 Å².